The molecule has 2 heterocycles. The van der Waals surface area contributed by atoms with E-state index in [9.17, 15) is 0 Å². The Morgan fingerprint density at radius 3 is 2.62 bits per heavy atom. The van der Waals surface area contributed by atoms with E-state index in [1.54, 1.807) is 6.20 Å². The van der Waals surface area contributed by atoms with Crippen LogP contribution in [0.25, 0.3) is 16.6 Å². The van der Waals surface area contributed by atoms with Gasteiger partial charge in [0.2, 0.25) is 0 Å². The van der Waals surface area contributed by atoms with Gasteiger partial charge >= 0.3 is 0 Å². The SMILES string of the molecule is Brc1cncc2c1cnn2-c1ccccc1. The lowest BCUT2D eigenvalue weighted by atomic mass is 10.3. The summed E-state index contributed by atoms with van der Waals surface area (Å²) in [6, 6.07) is 10.0. The second-order valence-electron chi connectivity index (χ2n) is 3.45. The molecule has 0 radical (unpaired) electrons. The lowest BCUT2D eigenvalue weighted by Crippen LogP contribution is -1.95. The van der Waals surface area contributed by atoms with Crippen molar-refractivity contribution >= 4 is 26.8 Å². The predicted molar refractivity (Wildman–Crippen MR) is 66.6 cm³/mol. The van der Waals surface area contributed by atoms with Crippen molar-refractivity contribution in [3.8, 4) is 5.69 Å². The number of benzene rings is 1. The fourth-order valence-electron chi connectivity index (χ4n) is 1.68. The van der Waals surface area contributed by atoms with E-state index in [4.69, 9.17) is 0 Å². The first-order chi connectivity index (χ1) is 7.86. The van der Waals surface area contributed by atoms with Crippen molar-refractivity contribution in [3.05, 3.63) is 53.4 Å². The van der Waals surface area contributed by atoms with Gasteiger partial charge in [0.25, 0.3) is 0 Å². The molecule has 0 unspecified atom stereocenters. The average molecular weight is 274 g/mol. The van der Waals surface area contributed by atoms with Gasteiger partial charge in [-0.15, -0.1) is 0 Å². The van der Waals surface area contributed by atoms with Gasteiger partial charge < -0.3 is 0 Å². The van der Waals surface area contributed by atoms with Gasteiger partial charge in [0.15, 0.2) is 0 Å². The molecular formula is C12H8BrN3. The Bertz CT molecular complexity index is 631. The number of halogens is 1. The summed E-state index contributed by atoms with van der Waals surface area (Å²) in [4.78, 5) is 4.16. The fourth-order valence-corrected chi connectivity index (χ4v) is 2.11. The Morgan fingerprint density at radius 1 is 1.00 bits per heavy atom. The normalized spacial score (nSPS) is 10.8. The van der Waals surface area contributed by atoms with Crippen molar-refractivity contribution in [2.75, 3.05) is 0 Å². The molecule has 0 N–H and O–H groups in total. The highest BCUT2D eigenvalue weighted by molar-refractivity contribution is 9.10. The third kappa shape index (κ3) is 1.42. The van der Waals surface area contributed by atoms with E-state index in [1.807, 2.05) is 47.4 Å². The second-order valence-corrected chi connectivity index (χ2v) is 4.30. The van der Waals surface area contributed by atoms with Crippen molar-refractivity contribution in [2.24, 2.45) is 0 Å². The van der Waals surface area contributed by atoms with Crippen molar-refractivity contribution in [1.82, 2.24) is 14.8 Å². The summed E-state index contributed by atoms with van der Waals surface area (Å²) in [5, 5.41) is 5.44. The summed E-state index contributed by atoms with van der Waals surface area (Å²) in [6.07, 6.45) is 5.44. The van der Waals surface area contributed by atoms with Crippen LogP contribution in [0.4, 0.5) is 0 Å². The molecule has 0 saturated carbocycles. The zero-order chi connectivity index (χ0) is 11.0. The zero-order valence-electron chi connectivity index (χ0n) is 8.34. The largest absolute Gasteiger partial charge is 0.261 e. The number of rotatable bonds is 1. The molecule has 16 heavy (non-hydrogen) atoms. The van der Waals surface area contributed by atoms with Crippen LogP contribution in [-0.2, 0) is 0 Å². The van der Waals surface area contributed by atoms with Crippen LogP contribution in [0.2, 0.25) is 0 Å². The van der Waals surface area contributed by atoms with Crippen molar-refractivity contribution < 1.29 is 0 Å². The van der Waals surface area contributed by atoms with Crippen molar-refractivity contribution in [1.29, 1.82) is 0 Å². The number of para-hydroxylation sites is 1. The topological polar surface area (TPSA) is 30.7 Å². The molecule has 1 aromatic carbocycles. The maximum atomic E-state index is 4.37. The summed E-state index contributed by atoms with van der Waals surface area (Å²) < 4.78 is 2.85. The van der Waals surface area contributed by atoms with E-state index >= 15 is 0 Å². The molecule has 0 bridgehead atoms. The van der Waals surface area contributed by atoms with E-state index < -0.39 is 0 Å². The lowest BCUT2D eigenvalue weighted by molar-refractivity contribution is 0.908. The smallest absolute Gasteiger partial charge is 0.0935 e. The quantitative estimate of drug-likeness (QED) is 0.682. The van der Waals surface area contributed by atoms with E-state index in [0.29, 0.717) is 0 Å². The van der Waals surface area contributed by atoms with Crippen LogP contribution < -0.4 is 0 Å². The van der Waals surface area contributed by atoms with E-state index in [2.05, 4.69) is 26.0 Å². The Kier molecular flexibility index (Phi) is 2.22. The number of pyridine rings is 1. The third-order valence-corrected chi connectivity index (χ3v) is 3.08. The number of aromatic nitrogens is 3. The lowest BCUT2D eigenvalue weighted by Gasteiger charge is -2.02. The molecule has 78 valence electrons. The molecule has 0 atom stereocenters. The summed E-state index contributed by atoms with van der Waals surface area (Å²) in [5.74, 6) is 0. The second kappa shape index (κ2) is 3.72. The highest BCUT2D eigenvalue weighted by Gasteiger charge is 2.06. The maximum Gasteiger partial charge on any atom is 0.0935 e. The first-order valence-corrected chi connectivity index (χ1v) is 5.68. The van der Waals surface area contributed by atoms with Gasteiger partial charge in [-0.3, -0.25) is 4.98 Å². The molecule has 0 amide bonds. The van der Waals surface area contributed by atoms with Crippen LogP contribution in [0.15, 0.2) is 53.4 Å². The molecule has 0 spiro atoms. The summed E-state index contributed by atoms with van der Waals surface area (Å²) in [5.41, 5.74) is 2.04. The Balaban J connectivity index is 2.30. The van der Waals surface area contributed by atoms with Gasteiger partial charge in [-0.25, -0.2) is 4.68 Å². The highest BCUT2D eigenvalue weighted by Crippen LogP contribution is 2.23. The van der Waals surface area contributed by atoms with E-state index in [1.165, 1.54) is 0 Å². The first-order valence-electron chi connectivity index (χ1n) is 4.89. The Labute approximate surface area is 101 Å². The molecule has 0 aliphatic carbocycles. The summed E-state index contributed by atoms with van der Waals surface area (Å²) >= 11 is 3.47. The first kappa shape index (κ1) is 9.54. The van der Waals surface area contributed by atoms with E-state index in [0.717, 1.165) is 21.1 Å². The molecule has 3 nitrogen and oxygen atoms in total. The molecule has 0 saturated heterocycles. The highest BCUT2D eigenvalue weighted by atomic mass is 79.9. The van der Waals surface area contributed by atoms with Gasteiger partial charge in [0.1, 0.15) is 0 Å². The van der Waals surface area contributed by atoms with Gasteiger partial charge in [0, 0.05) is 16.1 Å². The fraction of sp³-hybridized carbons (Fsp3) is 0. The molecule has 0 fully saturated rings. The van der Waals surface area contributed by atoms with Crippen LogP contribution >= 0.6 is 15.9 Å². The van der Waals surface area contributed by atoms with Crippen LogP contribution in [0.5, 0.6) is 0 Å². The van der Waals surface area contributed by atoms with Crippen LogP contribution in [-0.4, -0.2) is 14.8 Å². The summed E-state index contributed by atoms with van der Waals surface area (Å²) in [6.45, 7) is 0. The zero-order valence-corrected chi connectivity index (χ0v) is 9.92. The molecule has 3 rings (SSSR count). The number of fused-ring (bicyclic) bond motifs is 1. The van der Waals surface area contributed by atoms with Crippen molar-refractivity contribution in [3.63, 3.8) is 0 Å². The van der Waals surface area contributed by atoms with Crippen molar-refractivity contribution in [2.45, 2.75) is 0 Å². The van der Waals surface area contributed by atoms with Crippen LogP contribution in [0.3, 0.4) is 0 Å². The number of hydrogen-bond acceptors (Lipinski definition) is 2. The Morgan fingerprint density at radius 2 is 1.81 bits per heavy atom. The number of hydrogen-bond donors (Lipinski definition) is 0. The Hall–Kier alpha value is -1.68. The van der Waals surface area contributed by atoms with Crippen LogP contribution in [0, 0.1) is 0 Å². The predicted octanol–water partition coefficient (Wildman–Crippen LogP) is 3.18. The minimum atomic E-state index is 0.965. The average Bonchev–Trinajstić information content (AvgIpc) is 2.75. The van der Waals surface area contributed by atoms with Gasteiger partial charge in [-0.05, 0) is 28.1 Å². The van der Waals surface area contributed by atoms with Gasteiger partial charge in [-0.2, -0.15) is 5.10 Å². The van der Waals surface area contributed by atoms with Gasteiger partial charge in [0.05, 0.1) is 23.6 Å². The molecule has 0 aliphatic rings. The minimum absolute atomic E-state index is 0.965. The van der Waals surface area contributed by atoms with Crippen LogP contribution in [0.1, 0.15) is 0 Å². The van der Waals surface area contributed by atoms with Gasteiger partial charge in [-0.1, -0.05) is 18.2 Å². The third-order valence-electron chi connectivity index (χ3n) is 2.45. The molecule has 3 aromatic rings. The van der Waals surface area contributed by atoms with E-state index in [-0.39, 0.29) is 0 Å². The molecule has 4 heteroatoms. The standard InChI is InChI=1S/C12H8BrN3/c13-11-7-14-8-12-10(11)6-15-16(12)9-4-2-1-3-5-9/h1-8H. The molecular weight excluding hydrogens is 266 g/mol. The minimum Gasteiger partial charge on any atom is -0.261 e. The maximum absolute atomic E-state index is 4.37. The molecule has 0 aliphatic heterocycles. The molecule has 2 aromatic heterocycles. The summed E-state index contributed by atoms with van der Waals surface area (Å²) in [7, 11) is 0. The monoisotopic (exact) mass is 273 g/mol. The number of nitrogens with zero attached hydrogens (tertiary/aromatic N) is 3.